The van der Waals surface area contributed by atoms with Crippen molar-refractivity contribution in [2.45, 2.75) is 6.42 Å². The third-order valence-electron chi connectivity index (χ3n) is 1.20. The summed E-state index contributed by atoms with van der Waals surface area (Å²) < 4.78 is 0. The van der Waals surface area contributed by atoms with Crippen molar-refractivity contribution in [3.8, 4) is 0 Å². The first kappa shape index (κ1) is 8.60. The van der Waals surface area contributed by atoms with Crippen molar-refractivity contribution in [1.29, 1.82) is 0 Å². The Bertz CT molecular complexity index is 232. The lowest BCUT2D eigenvalue weighted by molar-refractivity contribution is -0.116. The van der Waals surface area contributed by atoms with E-state index in [-0.39, 0.29) is 11.9 Å². The molecular formula is C5H10N6O. The number of amides is 1. The van der Waals surface area contributed by atoms with Crippen LogP contribution < -0.4 is 10.6 Å². The highest BCUT2D eigenvalue weighted by Gasteiger charge is 2.03. The van der Waals surface area contributed by atoms with E-state index in [4.69, 9.17) is 0 Å². The molecule has 7 nitrogen and oxygen atoms in total. The van der Waals surface area contributed by atoms with E-state index in [1.165, 1.54) is 0 Å². The maximum atomic E-state index is 11.0. The molecule has 7 heteroatoms. The molecule has 0 radical (unpaired) electrons. The summed E-state index contributed by atoms with van der Waals surface area (Å²) in [6.07, 6.45) is 0.394. The SMILES string of the molecule is CNCCC(=O)Nc1nn[nH]n1. The van der Waals surface area contributed by atoms with Gasteiger partial charge in [-0.1, -0.05) is 5.10 Å². The summed E-state index contributed by atoms with van der Waals surface area (Å²) in [4.78, 5) is 11.0. The van der Waals surface area contributed by atoms with Gasteiger partial charge in [-0.15, -0.1) is 5.10 Å². The van der Waals surface area contributed by atoms with Crippen LogP contribution in [0.5, 0.6) is 0 Å². The highest BCUT2D eigenvalue weighted by molar-refractivity contribution is 5.88. The molecule has 0 atom stereocenters. The number of aromatic nitrogens is 4. The predicted octanol–water partition coefficient (Wildman–Crippen LogP) is -1.25. The molecule has 0 unspecified atom stereocenters. The molecule has 0 aliphatic heterocycles. The van der Waals surface area contributed by atoms with Gasteiger partial charge in [0.25, 0.3) is 5.95 Å². The van der Waals surface area contributed by atoms with Crippen LogP contribution in [0, 0.1) is 0 Å². The summed E-state index contributed by atoms with van der Waals surface area (Å²) in [7, 11) is 1.78. The van der Waals surface area contributed by atoms with Crippen LogP contribution in [0.15, 0.2) is 0 Å². The standard InChI is InChI=1S/C5H10N6O/c1-6-3-2-4(12)7-5-8-10-11-9-5/h6H,2-3H2,1H3,(H2,7,8,9,10,11,12). The molecule has 1 heterocycles. The van der Waals surface area contributed by atoms with Gasteiger partial charge in [-0.2, -0.15) is 5.21 Å². The number of hydrogen-bond acceptors (Lipinski definition) is 5. The molecule has 0 spiro atoms. The summed E-state index contributed by atoms with van der Waals surface area (Å²) in [5, 5.41) is 18.0. The summed E-state index contributed by atoms with van der Waals surface area (Å²) in [6.45, 7) is 0.629. The van der Waals surface area contributed by atoms with Gasteiger partial charge in [0.1, 0.15) is 0 Å². The Morgan fingerprint density at radius 2 is 2.50 bits per heavy atom. The minimum absolute atomic E-state index is 0.134. The molecule has 1 aromatic heterocycles. The van der Waals surface area contributed by atoms with Gasteiger partial charge in [-0.3, -0.25) is 10.1 Å². The van der Waals surface area contributed by atoms with Crippen molar-refractivity contribution >= 4 is 11.9 Å². The van der Waals surface area contributed by atoms with Crippen LogP contribution in [-0.4, -0.2) is 40.1 Å². The molecule has 1 rings (SSSR count). The molecule has 12 heavy (non-hydrogen) atoms. The number of nitrogens with zero attached hydrogens (tertiary/aromatic N) is 3. The first-order valence-corrected chi connectivity index (χ1v) is 3.51. The first-order chi connectivity index (χ1) is 5.83. The van der Waals surface area contributed by atoms with E-state index < -0.39 is 0 Å². The Kier molecular flexibility index (Phi) is 3.15. The predicted molar refractivity (Wildman–Crippen MR) is 41.4 cm³/mol. The number of anilines is 1. The number of hydrogen-bond donors (Lipinski definition) is 3. The fourth-order valence-electron chi connectivity index (χ4n) is 0.640. The minimum Gasteiger partial charge on any atom is -0.319 e. The summed E-state index contributed by atoms with van der Waals surface area (Å²) >= 11 is 0. The van der Waals surface area contributed by atoms with Gasteiger partial charge in [-0.05, 0) is 12.3 Å². The zero-order valence-corrected chi connectivity index (χ0v) is 6.66. The largest absolute Gasteiger partial charge is 0.319 e. The van der Waals surface area contributed by atoms with Gasteiger partial charge in [0, 0.05) is 13.0 Å². The fourth-order valence-corrected chi connectivity index (χ4v) is 0.640. The lowest BCUT2D eigenvalue weighted by Crippen LogP contribution is -2.19. The average molecular weight is 170 g/mol. The van der Waals surface area contributed by atoms with Crippen molar-refractivity contribution in [2.24, 2.45) is 0 Å². The zero-order valence-electron chi connectivity index (χ0n) is 6.66. The lowest BCUT2D eigenvalue weighted by Gasteiger charge is -1.98. The third-order valence-corrected chi connectivity index (χ3v) is 1.20. The van der Waals surface area contributed by atoms with Gasteiger partial charge < -0.3 is 5.32 Å². The molecule has 0 aromatic carbocycles. The first-order valence-electron chi connectivity index (χ1n) is 3.51. The van der Waals surface area contributed by atoms with Crippen molar-refractivity contribution in [3.63, 3.8) is 0 Å². The molecule has 0 saturated carbocycles. The monoisotopic (exact) mass is 170 g/mol. The number of tetrazole rings is 1. The van der Waals surface area contributed by atoms with Crippen LogP contribution in [0.2, 0.25) is 0 Å². The fraction of sp³-hybridized carbons (Fsp3) is 0.600. The van der Waals surface area contributed by atoms with Gasteiger partial charge in [0.2, 0.25) is 5.91 Å². The van der Waals surface area contributed by atoms with Crippen LogP contribution in [0.25, 0.3) is 0 Å². The Hall–Kier alpha value is -1.50. The van der Waals surface area contributed by atoms with Crippen LogP contribution in [0.4, 0.5) is 5.95 Å². The van der Waals surface area contributed by atoms with Crippen LogP contribution in [-0.2, 0) is 4.79 Å². The Balaban J connectivity index is 2.27. The second kappa shape index (κ2) is 4.39. The number of rotatable bonds is 4. The maximum absolute atomic E-state index is 11.0. The summed E-state index contributed by atoms with van der Waals surface area (Å²) in [5.74, 6) is 0.0712. The number of carbonyl (C=O) groups excluding carboxylic acids is 1. The molecule has 0 bridgehead atoms. The number of H-pyrrole nitrogens is 1. The second-order valence-electron chi connectivity index (χ2n) is 2.14. The van der Waals surface area contributed by atoms with E-state index in [1.807, 2.05) is 0 Å². The van der Waals surface area contributed by atoms with E-state index in [0.717, 1.165) is 0 Å². The number of aromatic amines is 1. The normalized spacial score (nSPS) is 9.75. The molecule has 1 amide bonds. The van der Waals surface area contributed by atoms with Crippen molar-refractivity contribution in [1.82, 2.24) is 25.9 Å². The highest BCUT2D eigenvalue weighted by atomic mass is 16.1. The molecule has 3 N–H and O–H groups in total. The molecule has 0 saturated heterocycles. The van der Waals surface area contributed by atoms with Crippen molar-refractivity contribution < 1.29 is 4.79 Å². The van der Waals surface area contributed by atoms with Crippen LogP contribution in [0.3, 0.4) is 0 Å². The molecule has 1 aromatic rings. The Morgan fingerprint density at radius 3 is 3.08 bits per heavy atom. The third kappa shape index (κ3) is 2.62. The average Bonchev–Trinajstić information content (AvgIpc) is 2.53. The second-order valence-corrected chi connectivity index (χ2v) is 2.14. The topological polar surface area (TPSA) is 95.6 Å². The minimum atomic E-state index is -0.134. The Labute approximate surface area is 68.9 Å². The molecule has 0 aliphatic carbocycles. The number of carbonyl (C=O) groups is 1. The number of nitrogens with one attached hydrogen (secondary N) is 3. The lowest BCUT2D eigenvalue weighted by atomic mass is 10.4. The molecule has 66 valence electrons. The van der Waals surface area contributed by atoms with E-state index >= 15 is 0 Å². The molecule has 0 fully saturated rings. The van der Waals surface area contributed by atoms with Crippen LogP contribution in [0.1, 0.15) is 6.42 Å². The zero-order chi connectivity index (χ0) is 8.81. The van der Waals surface area contributed by atoms with E-state index in [0.29, 0.717) is 13.0 Å². The van der Waals surface area contributed by atoms with Gasteiger partial charge in [-0.25, -0.2) is 0 Å². The van der Waals surface area contributed by atoms with Gasteiger partial charge >= 0.3 is 0 Å². The quantitative estimate of drug-likeness (QED) is 0.524. The van der Waals surface area contributed by atoms with Crippen LogP contribution >= 0.6 is 0 Å². The molecular weight excluding hydrogens is 160 g/mol. The van der Waals surface area contributed by atoms with Crippen molar-refractivity contribution in [3.05, 3.63) is 0 Å². The maximum Gasteiger partial charge on any atom is 0.269 e. The Morgan fingerprint density at radius 1 is 1.67 bits per heavy atom. The van der Waals surface area contributed by atoms with Crippen molar-refractivity contribution in [2.75, 3.05) is 18.9 Å². The van der Waals surface area contributed by atoms with E-state index in [1.54, 1.807) is 7.05 Å². The summed E-state index contributed by atoms with van der Waals surface area (Å²) in [6, 6.07) is 0. The van der Waals surface area contributed by atoms with Gasteiger partial charge in [0.15, 0.2) is 0 Å². The van der Waals surface area contributed by atoms with E-state index in [2.05, 4.69) is 31.3 Å². The van der Waals surface area contributed by atoms with Gasteiger partial charge in [0.05, 0.1) is 0 Å². The highest BCUT2D eigenvalue weighted by Crippen LogP contribution is 1.91. The summed E-state index contributed by atoms with van der Waals surface area (Å²) in [5.41, 5.74) is 0. The smallest absolute Gasteiger partial charge is 0.269 e. The van der Waals surface area contributed by atoms with E-state index in [9.17, 15) is 4.79 Å². The molecule has 0 aliphatic rings.